The van der Waals surface area contributed by atoms with Crippen LogP contribution in [0.1, 0.15) is 47.2 Å². The number of aromatic amines is 1. The zero-order valence-corrected chi connectivity index (χ0v) is 21.4. The smallest absolute Gasteiger partial charge is 0.170 e. The molecule has 4 N–H and O–H groups in total. The second-order valence-corrected chi connectivity index (χ2v) is 9.05. The van der Waals surface area contributed by atoms with Crippen LogP contribution in [0.3, 0.4) is 0 Å². The van der Waals surface area contributed by atoms with Gasteiger partial charge in [-0.25, -0.2) is 14.4 Å². The van der Waals surface area contributed by atoms with Crippen molar-refractivity contribution in [2.75, 3.05) is 18.2 Å². The molecule has 1 unspecified atom stereocenters. The second kappa shape index (κ2) is 10.3. The Morgan fingerprint density at radius 1 is 1.13 bits per heavy atom. The van der Waals surface area contributed by atoms with Gasteiger partial charge < -0.3 is 20.8 Å². The van der Waals surface area contributed by atoms with Crippen LogP contribution in [0.15, 0.2) is 73.1 Å². The standard InChI is InChI=1S/C30H28FN5O2/c1-4-18-13-24(27(31)26(14-18)38-3)28(35-20-9-10-22-19(15-20)11-12-33-29(22)32)30-34-16-25(36-30)23-8-6-5-7-21(23)17(2)37/h5-16,28,35H,4H2,1-3H3,(H2,32,33)(H,34,36). The quantitative estimate of drug-likeness (QED) is 0.211. The second-order valence-electron chi connectivity index (χ2n) is 9.05. The van der Waals surface area contributed by atoms with Crippen molar-refractivity contribution in [3.63, 3.8) is 0 Å². The summed E-state index contributed by atoms with van der Waals surface area (Å²) in [5.74, 6) is 0.567. The van der Waals surface area contributed by atoms with Crippen LogP contribution in [0.4, 0.5) is 15.9 Å². The van der Waals surface area contributed by atoms with Crippen LogP contribution >= 0.6 is 0 Å². The number of aromatic nitrogens is 3. The molecule has 5 rings (SSSR count). The fourth-order valence-electron chi connectivity index (χ4n) is 4.64. The Morgan fingerprint density at radius 2 is 1.95 bits per heavy atom. The first-order valence-electron chi connectivity index (χ1n) is 12.3. The van der Waals surface area contributed by atoms with E-state index in [1.165, 1.54) is 14.0 Å². The molecule has 0 fully saturated rings. The molecule has 0 saturated heterocycles. The third-order valence-electron chi connectivity index (χ3n) is 6.64. The number of hydrogen-bond acceptors (Lipinski definition) is 6. The van der Waals surface area contributed by atoms with Crippen molar-refractivity contribution in [3.05, 3.63) is 101 Å². The number of fused-ring (bicyclic) bond motifs is 1. The zero-order chi connectivity index (χ0) is 26.8. The minimum Gasteiger partial charge on any atom is -0.494 e. The van der Waals surface area contributed by atoms with Crippen molar-refractivity contribution in [2.45, 2.75) is 26.3 Å². The average molecular weight is 510 g/mol. The molecule has 0 amide bonds. The van der Waals surface area contributed by atoms with Crippen molar-refractivity contribution in [1.82, 2.24) is 15.0 Å². The van der Waals surface area contributed by atoms with Gasteiger partial charge in [-0.05, 0) is 54.6 Å². The number of nitrogens with two attached hydrogens (primary N) is 1. The van der Waals surface area contributed by atoms with Crippen molar-refractivity contribution in [2.24, 2.45) is 0 Å². The number of benzene rings is 3. The fraction of sp³-hybridized carbons (Fsp3) is 0.167. The maximum Gasteiger partial charge on any atom is 0.170 e. The number of Topliss-reactive ketones (excluding diaryl/α,β-unsaturated/α-hetero) is 1. The van der Waals surface area contributed by atoms with E-state index < -0.39 is 11.9 Å². The summed E-state index contributed by atoms with van der Waals surface area (Å²) < 4.78 is 21.1. The van der Waals surface area contributed by atoms with E-state index in [0.717, 1.165) is 27.6 Å². The van der Waals surface area contributed by atoms with E-state index in [-0.39, 0.29) is 11.5 Å². The van der Waals surface area contributed by atoms with Gasteiger partial charge in [-0.2, -0.15) is 0 Å². The summed E-state index contributed by atoms with van der Waals surface area (Å²) in [5.41, 5.74) is 10.1. The third-order valence-corrected chi connectivity index (χ3v) is 6.64. The molecular weight excluding hydrogens is 481 g/mol. The maximum absolute atomic E-state index is 15.8. The number of halogens is 1. The Kier molecular flexibility index (Phi) is 6.79. The largest absolute Gasteiger partial charge is 0.494 e. The van der Waals surface area contributed by atoms with Crippen molar-refractivity contribution in [1.29, 1.82) is 0 Å². The zero-order valence-electron chi connectivity index (χ0n) is 21.4. The van der Waals surface area contributed by atoms with Crippen LogP contribution in [0, 0.1) is 5.82 Å². The van der Waals surface area contributed by atoms with E-state index in [0.29, 0.717) is 34.9 Å². The number of imidazole rings is 1. The van der Waals surface area contributed by atoms with Gasteiger partial charge in [-0.15, -0.1) is 0 Å². The molecule has 1 atom stereocenters. The number of pyridine rings is 1. The number of aryl methyl sites for hydroxylation is 1. The molecule has 3 aromatic carbocycles. The van der Waals surface area contributed by atoms with E-state index >= 15 is 4.39 Å². The van der Waals surface area contributed by atoms with Gasteiger partial charge in [0.1, 0.15) is 17.7 Å². The molecule has 0 saturated carbocycles. The molecule has 5 aromatic rings. The van der Waals surface area contributed by atoms with Crippen LogP contribution in [0.5, 0.6) is 5.75 Å². The lowest BCUT2D eigenvalue weighted by Gasteiger charge is -2.21. The predicted molar refractivity (Wildman–Crippen MR) is 148 cm³/mol. The number of ether oxygens (including phenoxy) is 1. The molecule has 192 valence electrons. The molecule has 0 radical (unpaired) electrons. The van der Waals surface area contributed by atoms with Gasteiger partial charge in [0.2, 0.25) is 0 Å². The van der Waals surface area contributed by atoms with Crippen LogP contribution in [-0.4, -0.2) is 27.8 Å². The first kappa shape index (κ1) is 25.0. The number of nitrogen functional groups attached to an aromatic ring is 1. The summed E-state index contributed by atoms with van der Waals surface area (Å²) in [4.78, 5) is 24.3. The summed E-state index contributed by atoms with van der Waals surface area (Å²) in [6.45, 7) is 3.53. The summed E-state index contributed by atoms with van der Waals surface area (Å²) >= 11 is 0. The van der Waals surface area contributed by atoms with E-state index in [1.54, 1.807) is 24.5 Å². The molecule has 2 heterocycles. The van der Waals surface area contributed by atoms with E-state index in [2.05, 4.69) is 20.3 Å². The highest BCUT2D eigenvalue weighted by atomic mass is 19.1. The number of methoxy groups -OCH3 is 1. The lowest BCUT2D eigenvalue weighted by Crippen LogP contribution is -2.16. The van der Waals surface area contributed by atoms with Gasteiger partial charge in [0.05, 0.1) is 19.0 Å². The molecule has 0 aliphatic heterocycles. The lowest BCUT2D eigenvalue weighted by molar-refractivity contribution is 0.101. The molecule has 0 bridgehead atoms. The molecule has 2 aromatic heterocycles. The van der Waals surface area contributed by atoms with Gasteiger partial charge in [-0.1, -0.05) is 37.3 Å². The first-order valence-corrected chi connectivity index (χ1v) is 12.3. The van der Waals surface area contributed by atoms with Gasteiger partial charge in [0, 0.05) is 34.0 Å². The fourth-order valence-corrected chi connectivity index (χ4v) is 4.64. The van der Waals surface area contributed by atoms with E-state index in [9.17, 15) is 4.79 Å². The Labute approximate surface area is 219 Å². The number of anilines is 2. The Balaban J connectivity index is 1.64. The maximum atomic E-state index is 15.8. The number of carbonyl (C=O) groups excluding carboxylic acids is 1. The molecule has 38 heavy (non-hydrogen) atoms. The molecule has 0 aliphatic rings. The van der Waals surface area contributed by atoms with Gasteiger partial charge in [0.25, 0.3) is 0 Å². The Morgan fingerprint density at radius 3 is 2.71 bits per heavy atom. The summed E-state index contributed by atoms with van der Waals surface area (Å²) in [5, 5.41) is 5.18. The number of rotatable bonds is 8. The average Bonchev–Trinajstić information content (AvgIpc) is 3.42. The summed E-state index contributed by atoms with van der Waals surface area (Å²) in [6.07, 6.45) is 4.02. The lowest BCUT2D eigenvalue weighted by atomic mass is 9.99. The van der Waals surface area contributed by atoms with Gasteiger partial charge in [-0.3, -0.25) is 4.79 Å². The van der Waals surface area contributed by atoms with Gasteiger partial charge >= 0.3 is 0 Å². The van der Waals surface area contributed by atoms with Crippen LogP contribution in [-0.2, 0) is 6.42 Å². The molecule has 0 aliphatic carbocycles. The molecule has 7 nitrogen and oxygen atoms in total. The molecular formula is C30H28FN5O2. The van der Waals surface area contributed by atoms with Crippen LogP contribution in [0.25, 0.3) is 22.0 Å². The third kappa shape index (κ3) is 4.68. The van der Waals surface area contributed by atoms with E-state index in [4.69, 9.17) is 10.5 Å². The molecule has 0 spiro atoms. The van der Waals surface area contributed by atoms with Crippen molar-refractivity contribution in [3.8, 4) is 17.0 Å². The SMILES string of the molecule is CCc1cc(OC)c(F)c(C(Nc2ccc3c(N)nccc3c2)c2ncc(-c3ccccc3C(C)=O)[nH]2)c1. The topological polar surface area (TPSA) is 106 Å². The monoisotopic (exact) mass is 509 g/mol. The number of ketones is 1. The van der Waals surface area contributed by atoms with E-state index in [1.807, 2.05) is 55.5 Å². The van der Waals surface area contributed by atoms with Gasteiger partial charge in [0.15, 0.2) is 17.3 Å². The number of nitrogens with zero attached hydrogens (tertiary/aromatic N) is 2. The number of hydrogen-bond donors (Lipinski definition) is 3. The Bertz CT molecular complexity index is 1650. The highest BCUT2D eigenvalue weighted by Crippen LogP contribution is 2.35. The summed E-state index contributed by atoms with van der Waals surface area (Å²) in [7, 11) is 1.45. The number of H-pyrrole nitrogens is 1. The molecule has 8 heteroatoms. The highest BCUT2D eigenvalue weighted by Gasteiger charge is 2.25. The van der Waals surface area contributed by atoms with Crippen LogP contribution < -0.4 is 15.8 Å². The first-order chi connectivity index (χ1) is 18.4. The number of nitrogens with one attached hydrogen (secondary N) is 2. The van der Waals surface area contributed by atoms with Crippen molar-refractivity contribution < 1.29 is 13.9 Å². The van der Waals surface area contributed by atoms with Crippen LogP contribution in [0.2, 0.25) is 0 Å². The summed E-state index contributed by atoms with van der Waals surface area (Å²) in [6, 6.07) is 17.7. The Hall–Kier alpha value is -4.72. The minimum atomic E-state index is -0.690. The van der Waals surface area contributed by atoms with Crippen molar-refractivity contribution >= 4 is 28.1 Å². The minimum absolute atomic E-state index is 0.0530. The highest BCUT2D eigenvalue weighted by molar-refractivity contribution is 6.00. The predicted octanol–water partition coefficient (Wildman–Crippen LogP) is 6.32. The number of carbonyl (C=O) groups is 1. The normalized spacial score (nSPS) is 11.9.